The van der Waals surface area contributed by atoms with Crippen molar-refractivity contribution in [3.63, 3.8) is 0 Å². The molecule has 3 aliphatic rings. The maximum Gasteiger partial charge on any atom is 0.407 e. The summed E-state index contributed by atoms with van der Waals surface area (Å²) in [6.07, 6.45) is 2.77. The van der Waals surface area contributed by atoms with Crippen molar-refractivity contribution < 1.29 is 24.2 Å². The molecule has 2 fully saturated rings. The van der Waals surface area contributed by atoms with E-state index in [-0.39, 0.29) is 36.3 Å². The number of carbonyl (C=O) groups excluding carboxylic acids is 2. The van der Waals surface area contributed by atoms with Crippen LogP contribution in [0.3, 0.4) is 0 Å². The first kappa shape index (κ1) is 23.4. The van der Waals surface area contributed by atoms with Crippen molar-refractivity contribution in [2.75, 3.05) is 6.61 Å². The number of ether oxygens (including phenoxy) is 1. The van der Waals surface area contributed by atoms with Crippen LogP contribution in [0.15, 0.2) is 48.5 Å². The third-order valence-electron chi connectivity index (χ3n) is 8.03. The molecule has 184 valence electrons. The summed E-state index contributed by atoms with van der Waals surface area (Å²) in [6.45, 7) is 2.16. The Labute approximate surface area is 205 Å². The number of fused-ring (bicyclic) bond motifs is 4. The Kier molecular flexibility index (Phi) is 6.50. The van der Waals surface area contributed by atoms with Gasteiger partial charge in [-0.25, -0.2) is 4.79 Å². The highest BCUT2D eigenvalue weighted by atomic mass is 16.5. The van der Waals surface area contributed by atoms with Crippen molar-refractivity contribution in [1.29, 1.82) is 0 Å². The molecule has 0 spiro atoms. The molecule has 2 unspecified atom stereocenters. The van der Waals surface area contributed by atoms with E-state index in [4.69, 9.17) is 4.74 Å². The maximum absolute atomic E-state index is 13.0. The van der Waals surface area contributed by atoms with E-state index >= 15 is 0 Å². The molecular weight excluding hydrogens is 444 g/mol. The molecule has 3 aliphatic carbocycles. The Bertz CT molecular complexity index is 1090. The number of hydrogen-bond donors (Lipinski definition) is 3. The monoisotopic (exact) mass is 476 g/mol. The smallest absolute Gasteiger partial charge is 0.407 e. The SMILES string of the molecule is CCCC(NC(=O)OCC1c2ccccc2-c2ccccc21)C(=O)N[C@H]1C[C@H]2CC(C(=O)O)C[C@H]21. The van der Waals surface area contributed by atoms with Gasteiger partial charge in [0.2, 0.25) is 5.91 Å². The fourth-order valence-corrected chi connectivity index (χ4v) is 6.22. The van der Waals surface area contributed by atoms with E-state index in [9.17, 15) is 19.5 Å². The van der Waals surface area contributed by atoms with E-state index < -0.39 is 18.1 Å². The largest absolute Gasteiger partial charge is 0.481 e. The number of carboxylic acids is 1. The van der Waals surface area contributed by atoms with Gasteiger partial charge >= 0.3 is 12.1 Å². The number of rotatable bonds is 8. The summed E-state index contributed by atoms with van der Waals surface area (Å²) in [5.41, 5.74) is 4.60. The lowest BCUT2D eigenvalue weighted by atomic mass is 9.71. The van der Waals surface area contributed by atoms with Crippen LogP contribution in [-0.4, -0.2) is 41.8 Å². The summed E-state index contributed by atoms with van der Waals surface area (Å²) in [4.78, 5) is 37.0. The Hall–Kier alpha value is -3.35. The van der Waals surface area contributed by atoms with E-state index in [1.807, 2.05) is 31.2 Å². The lowest BCUT2D eigenvalue weighted by Crippen LogP contribution is -2.56. The van der Waals surface area contributed by atoms with Gasteiger partial charge in [-0.2, -0.15) is 0 Å². The highest BCUT2D eigenvalue weighted by Crippen LogP contribution is 2.50. The number of nitrogens with one attached hydrogen (secondary N) is 2. The van der Waals surface area contributed by atoms with Crippen molar-refractivity contribution >= 4 is 18.0 Å². The van der Waals surface area contributed by atoms with Gasteiger partial charge in [0, 0.05) is 12.0 Å². The summed E-state index contributed by atoms with van der Waals surface area (Å²) in [7, 11) is 0. The second kappa shape index (κ2) is 9.72. The Morgan fingerprint density at radius 2 is 1.66 bits per heavy atom. The van der Waals surface area contributed by atoms with Crippen LogP contribution in [0.4, 0.5) is 4.79 Å². The molecule has 5 atom stereocenters. The van der Waals surface area contributed by atoms with Gasteiger partial charge in [0.1, 0.15) is 12.6 Å². The number of amides is 2. The molecule has 2 aromatic rings. The molecule has 0 aromatic heterocycles. The quantitative estimate of drug-likeness (QED) is 0.527. The zero-order valence-electron chi connectivity index (χ0n) is 19.9. The lowest BCUT2D eigenvalue weighted by molar-refractivity contribution is -0.141. The molecule has 0 saturated heterocycles. The lowest BCUT2D eigenvalue weighted by Gasteiger charge is -2.41. The maximum atomic E-state index is 13.0. The van der Waals surface area contributed by atoms with Gasteiger partial charge < -0.3 is 20.5 Å². The predicted octanol–water partition coefficient (Wildman–Crippen LogP) is 4.31. The molecule has 7 heteroatoms. The van der Waals surface area contributed by atoms with Gasteiger partial charge in [-0.1, -0.05) is 61.9 Å². The van der Waals surface area contributed by atoms with Gasteiger partial charge in [0.05, 0.1) is 5.92 Å². The molecule has 7 nitrogen and oxygen atoms in total. The van der Waals surface area contributed by atoms with E-state index in [0.717, 1.165) is 35.1 Å². The van der Waals surface area contributed by atoms with Crippen LogP contribution in [0.1, 0.15) is 56.1 Å². The van der Waals surface area contributed by atoms with Gasteiger partial charge in [0.25, 0.3) is 0 Å². The molecule has 2 amide bonds. The highest BCUT2D eigenvalue weighted by molar-refractivity contribution is 5.86. The summed E-state index contributed by atoms with van der Waals surface area (Å²) in [5, 5.41) is 15.1. The van der Waals surface area contributed by atoms with Crippen LogP contribution in [0.25, 0.3) is 11.1 Å². The molecule has 2 saturated carbocycles. The second-order valence-corrected chi connectivity index (χ2v) is 10.1. The molecule has 2 aromatic carbocycles. The zero-order valence-corrected chi connectivity index (χ0v) is 19.9. The highest BCUT2D eigenvalue weighted by Gasteiger charge is 2.50. The number of carbonyl (C=O) groups is 3. The fraction of sp³-hybridized carbons (Fsp3) is 0.464. The summed E-state index contributed by atoms with van der Waals surface area (Å²) in [6, 6.07) is 15.6. The van der Waals surface area contributed by atoms with Crippen molar-refractivity contribution in [3.8, 4) is 11.1 Å². The topological polar surface area (TPSA) is 105 Å². The van der Waals surface area contributed by atoms with Gasteiger partial charge in [-0.3, -0.25) is 9.59 Å². The van der Waals surface area contributed by atoms with Gasteiger partial charge in [0.15, 0.2) is 0 Å². The average Bonchev–Trinajstić information content (AvgIpc) is 3.36. The normalized spacial score (nSPS) is 24.9. The first-order chi connectivity index (χ1) is 17.0. The van der Waals surface area contributed by atoms with Crippen LogP contribution in [0.5, 0.6) is 0 Å². The predicted molar refractivity (Wildman–Crippen MR) is 131 cm³/mol. The van der Waals surface area contributed by atoms with Gasteiger partial charge in [-0.15, -0.1) is 0 Å². The minimum absolute atomic E-state index is 0.0134. The molecule has 3 N–H and O–H groups in total. The van der Waals surface area contributed by atoms with E-state index in [1.165, 1.54) is 0 Å². The minimum atomic E-state index is -0.745. The van der Waals surface area contributed by atoms with Crippen molar-refractivity contribution in [3.05, 3.63) is 59.7 Å². The number of hydrogen-bond acceptors (Lipinski definition) is 4. The van der Waals surface area contributed by atoms with Crippen LogP contribution < -0.4 is 10.6 Å². The Morgan fingerprint density at radius 3 is 2.29 bits per heavy atom. The van der Waals surface area contributed by atoms with E-state index in [2.05, 4.69) is 34.9 Å². The standard InChI is InChI=1S/C28H32N2O5/c1-2-7-24(26(31)29-25-14-16-12-17(27(32)33)13-22(16)25)30-28(34)35-15-23-20-10-5-3-8-18(20)19-9-4-6-11-21(19)23/h3-6,8-11,16-17,22-25H,2,7,12-15H2,1H3,(H,29,31)(H,30,34)(H,32,33)/t16-,17?,22-,24?,25+/m1/s1. The molecular formula is C28H32N2O5. The van der Waals surface area contributed by atoms with Gasteiger partial charge in [-0.05, 0) is 59.8 Å². The van der Waals surface area contributed by atoms with Crippen molar-refractivity contribution in [1.82, 2.24) is 10.6 Å². The first-order valence-corrected chi connectivity index (χ1v) is 12.6. The van der Waals surface area contributed by atoms with Crippen LogP contribution in [0.2, 0.25) is 0 Å². The van der Waals surface area contributed by atoms with Crippen LogP contribution >= 0.6 is 0 Å². The van der Waals surface area contributed by atoms with Crippen LogP contribution in [0, 0.1) is 17.8 Å². The number of alkyl carbamates (subject to hydrolysis) is 1. The summed E-state index contributed by atoms with van der Waals surface area (Å²) >= 11 is 0. The number of carboxylic acid groups (broad SMARTS) is 1. The molecule has 0 bridgehead atoms. The fourth-order valence-electron chi connectivity index (χ4n) is 6.22. The summed E-state index contributed by atoms with van der Waals surface area (Å²) < 4.78 is 5.63. The molecule has 5 rings (SSSR count). The first-order valence-electron chi connectivity index (χ1n) is 12.6. The van der Waals surface area contributed by atoms with Crippen molar-refractivity contribution in [2.45, 2.75) is 57.0 Å². The molecule has 0 aliphatic heterocycles. The average molecular weight is 477 g/mol. The third kappa shape index (κ3) is 4.51. The zero-order chi connectivity index (χ0) is 24.5. The summed E-state index contributed by atoms with van der Waals surface area (Å²) in [5.74, 6) is -0.717. The van der Waals surface area contributed by atoms with E-state index in [0.29, 0.717) is 25.2 Å². The Morgan fingerprint density at radius 1 is 1.00 bits per heavy atom. The van der Waals surface area contributed by atoms with Crippen LogP contribution in [-0.2, 0) is 14.3 Å². The number of aliphatic carboxylic acids is 1. The molecule has 0 radical (unpaired) electrons. The molecule has 0 heterocycles. The minimum Gasteiger partial charge on any atom is -0.481 e. The van der Waals surface area contributed by atoms with E-state index in [1.54, 1.807) is 0 Å². The second-order valence-electron chi connectivity index (χ2n) is 10.1. The number of benzene rings is 2. The third-order valence-corrected chi connectivity index (χ3v) is 8.03. The van der Waals surface area contributed by atoms with Crippen molar-refractivity contribution in [2.24, 2.45) is 17.8 Å². The Balaban J connectivity index is 1.17. The molecule has 35 heavy (non-hydrogen) atoms.